The van der Waals surface area contributed by atoms with E-state index in [2.05, 4.69) is 0 Å². The Balaban J connectivity index is 1.11. The van der Waals surface area contributed by atoms with E-state index in [1.54, 1.807) is 109 Å². The molecular formula is C46H33NO10. The number of carbonyl (C=O) groups is 6. The van der Waals surface area contributed by atoms with Crippen molar-refractivity contribution >= 4 is 41.0 Å². The van der Waals surface area contributed by atoms with Gasteiger partial charge in [0.15, 0.2) is 12.2 Å². The van der Waals surface area contributed by atoms with Crippen LogP contribution in [0, 0.1) is 0 Å². The zero-order valence-electron chi connectivity index (χ0n) is 30.6. The fourth-order valence-corrected chi connectivity index (χ4v) is 6.34. The third kappa shape index (κ3) is 7.80. The predicted octanol–water partition coefficient (Wildman–Crippen LogP) is 8.07. The number of hydrogen-bond donors (Lipinski definition) is 0. The molecule has 0 spiro atoms. The standard InChI is InChI=1S/C46H33NO10/c1-54-35-21-16-28(17-22-35)39(48)41(30-10-5-3-6-11-30)56-45(52)32-14-9-15-34(26-32)47-43(50)37-25-20-33(27-38(37)44(47)51)46(53)57-42(31-12-7-4-8-13-31)40(49)29-18-23-36(55-2)24-19-29/h3-27,41-42H,1-2H3/t41-,42-/m0/s1. The van der Waals surface area contributed by atoms with Gasteiger partial charge >= 0.3 is 11.9 Å². The highest BCUT2D eigenvalue weighted by Crippen LogP contribution is 2.32. The molecule has 0 radical (unpaired) electrons. The summed E-state index contributed by atoms with van der Waals surface area (Å²) in [6.45, 7) is 0. The minimum atomic E-state index is -1.32. The highest BCUT2D eigenvalue weighted by atomic mass is 16.6. The second-order valence-electron chi connectivity index (χ2n) is 12.8. The average molecular weight is 760 g/mol. The van der Waals surface area contributed by atoms with E-state index < -0.39 is 47.5 Å². The largest absolute Gasteiger partial charge is 0.497 e. The van der Waals surface area contributed by atoms with Gasteiger partial charge in [-0.05, 0) is 84.9 Å². The summed E-state index contributed by atoms with van der Waals surface area (Å²) in [4.78, 5) is 82.9. The summed E-state index contributed by atoms with van der Waals surface area (Å²) in [5.74, 6) is -3.05. The number of ether oxygens (including phenoxy) is 4. The van der Waals surface area contributed by atoms with Crippen LogP contribution in [-0.4, -0.2) is 49.5 Å². The van der Waals surface area contributed by atoms with Gasteiger partial charge in [0.25, 0.3) is 11.8 Å². The topological polar surface area (TPSA) is 143 Å². The molecule has 0 aliphatic carbocycles. The van der Waals surface area contributed by atoms with Gasteiger partial charge in [0.05, 0.1) is 42.2 Å². The van der Waals surface area contributed by atoms with E-state index in [4.69, 9.17) is 18.9 Å². The Labute approximate surface area is 327 Å². The van der Waals surface area contributed by atoms with Gasteiger partial charge in [-0.2, -0.15) is 0 Å². The molecule has 6 aromatic rings. The van der Waals surface area contributed by atoms with Gasteiger partial charge in [0, 0.05) is 22.3 Å². The van der Waals surface area contributed by atoms with Gasteiger partial charge in [-0.3, -0.25) is 19.2 Å². The summed E-state index contributed by atoms with van der Waals surface area (Å²) in [5, 5.41) is 0. The maximum atomic E-state index is 13.8. The van der Waals surface area contributed by atoms with Crippen molar-refractivity contribution in [2.45, 2.75) is 12.2 Å². The molecule has 1 aliphatic heterocycles. The molecule has 0 saturated heterocycles. The number of fused-ring (bicyclic) bond motifs is 1. The number of rotatable bonds is 13. The first-order valence-corrected chi connectivity index (χ1v) is 17.7. The second-order valence-corrected chi connectivity index (χ2v) is 12.8. The molecule has 282 valence electrons. The summed E-state index contributed by atoms with van der Waals surface area (Å²) >= 11 is 0. The number of amides is 2. The number of Topliss-reactive ketones (excluding diaryl/α,β-unsaturated/α-hetero) is 2. The van der Waals surface area contributed by atoms with E-state index in [-0.39, 0.29) is 33.5 Å². The Morgan fingerprint density at radius 3 is 1.37 bits per heavy atom. The second kappa shape index (κ2) is 16.4. The van der Waals surface area contributed by atoms with Gasteiger partial charge in [-0.25, -0.2) is 14.5 Å². The van der Waals surface area contributed by atoms with Crippen molar-refractivity contribution < 1.29 is 47.7 Å². The normalized spacial score (nSPS) is 12.9. The molecule has 0 aromatic heterocycles. The average Bonchev–Trinajstić information content (AvgIpc) is 3.52. The molecule has 1 heterocycles. The van der Waals surface area contributed by atoms with E-state index in [0.29, 0.717) is 28.2 Å². The molecule has 0 unspecified atom stereocenters. The van der Waals surface area contributed by atoms with Crippen LogP contribution >= 0.6 is 0 Å². The maximum Gasteiger partial charge on any atom is 0.339 e. The molecule has 11 heteroatoms. The minimum absolute atomic E-state index is 0.0210. The molecule has 57 heavy (non-hydrogen) atoms. The third-order valence-corrected chi connectivity index (χ3v) is 9.34. The lowest BCUT2D eigenvalue weighted by Crippen LogP contribution is -2.29. The third-order valence-electron chi connectivity index (χ3n) is 9.34. The lowest BCUT2D eigenvalue weighted by molar-refractivity contribution is 0.0278. The Morgan fingerprint density at radius 1 is 0.456 bits per heavy atom. The van der Waals surface area contributed by atoms with Crippen LogP contribution in [0.4, 0.5) is 5.69 Å². The van der Waals surface area contributed by atoms with Gasteiger partial charge in [-0.1, -0.05) is 66.7 Å². The van der Waals surface area contributed by atoms with Gasteiger partial charge in [0.1, 0.15) is 11.5 Å². The van der Waals surface area contributed by atoms with Crippen LogP contribution < -0.4 is 14.4 Å². The van der Waals surface area contributed by atoms with Crippen LogP contribution in [-0.2, 0) is 9.47 Å². The van der Waals surface area contributed by atoms with E-state index >= 15 is 0 Å². The predicted molar refractivity (Wildman–Crippen MR) is 208 cm³/mol. The Hall–Kier alpha value is -7.66. The Kier molecular flexibility index (Phi) is 10.8. The number of ketones is 2. The van der Waals surface area contributed by atoms with Crippen molar-refractivity contribution in [3.63, 3.8) is 0 Å². The lowest BCUT2D eigenvalue weighted by atomic mass is 9.99. The van der Waals surface area contributed by atoms with Crippen LogP contribution in [0.5, 0.6) is 11.5 Å². The summed E-state index contributed by atoms with van der Waals surface area (Å²) in [5.41, 5.74) is 1.37. The Morgan fingerprint density at radius 2 is 0.895 bits per heavy atom. The highest BCUT2D eigenvalue weighted by molar-refractivity contribution is 6.34. The monoisotopic (exact) mass is 759 g/mol. The van der Waals surface area contributed by atoms with Crippen molar-refractivity contribution in [1.29, 1.82) is 0 Å². The van der Waals surface area contributed by atoms with E-state index in [0.717, 1.165) is 4.90 Å². The summed E-state index contributed by atoms with van der Waals surface area (Å²) < 4.78 is 22.0. The van der Waals surface area contributed by atoms with Gasteiger partial charge < -0.3 is 18.9 Å². The number of methoxy groups -OCH3 is 2. The zero-order chi connectivity index (χ0) is 40.1. The number of esters is 2. The molecule has 7 rings (SSSR count). The smallest absolute Gasteiger partial charge is 0.339 e. The molecule has 2 amide bonds. The van der Waals surface area contributed by atoms with Gasteiger partial charge in [0.2, 0.25) is 11.6 Å². The van der Waals surface area contributed by atoms with Crippen LogP contribution in [0.15, 0.2) is 152 Å². The molecular weight excluding hydrogens is 727 g/mol. The Bertz CT molecular complexity index is 2500. The van der Waals surface area contributed by atoms with Crippen LogP contribution in [0.3, 0.4) is 0 Å². The summed E-state index contributed by atoms with van der Waals surface area (Å²) in [6, 6.07) is 39.4. The molecule has 1 aliphatic rings. The fourth-order valence-electron chi connectivity index (χ4n) is 6.34. The molecule has 0 N–H and O–H groups in total. The van der Waals surface area contributed by atoms with Crippen molar-refractivity contribution in [2.75, 3.05) is 19.1 Å². The van der Waals surface area contributed by atoms with Crippen molar-refractivity contribution in [3.05, 3.63) is 196 Å². The SMILES string of the molecule is COc1ccc(C(=O)[C@@H](OC(=O)c2cccc(N3C(=O)c4ccc(C(=O)O[C@H](C(=O)c5ccc(OC)cc5)c5ccccc5)cc4C3=O)c2)c2ccccc2)cc1. The van der Waals surface area contributed by atoms with Crippen LogP contribution in [0.1, 0.15) is 85.5 Å². The molecule has 0 saturated carbocycles. The minimum Gasteiger partial charge on any atom is -0.497 e. The molecule has 6 aromatic carbocycles. The van der Waals surface area contributed by atoms with Crippen molar-refractivity contribution in [1.82, 2.24) is 0 Å². The van der Waals surface area contributed by atoms with Crippen LogP contribution in [0.2, 0.25) is 0 Å². The lowest BCUT2D eigenvalue weighted by Gasteiger charge is -2.19. The first-order chi connectivity index (χ1) is 27.7. The molecule has 0 fully saturated rings. The zero-order valence-corrected chi connectivity index (χ0v) is 30.6. The van der Waals surface area contributed by atoms with Gasteiger partial charge in [-0.15, -0.1) is 0 Å². The number of carbonyl (C=O) groups excluding carboxylic acids is 6. The number of nitrogens with zero attached hydrogens (tertiary/aromatic N) is 1. The number of imide groups is 1. The van der Waals surface area contributed by atoms with E-state index in [9.17, 15) is 28.8 Å². The number of hydrogen-bond acceptors (Lipinski definition) is 10. The molecule has 2 atom stereocenters. The molecule has 0 bridgehead atoms. The molecule has 11 nitrogen and oxygen atoms in total. The van der Waals surface area contributed by atoms with Crippen LogP contribution in [0.25, 0.3) is 0 Å². The number of anilines is 1. The maximum absolute atomic E-state index is 13.8. The first-order valence-electron chi connectivity index (χ1n) is 17.7. The van der Waals surface area contributed by atoms with E-state index in [1.807, 2.05) is 0 Å². The highest BCUT2D eigenvalue weighted by Gasteiger charge is 2.38. The first kappa shape index (κ1) is 37.6. The van der Waals surface area contributed by atoms with Crippen molar-refractivity contribution in [3.8, 4) is 11.5 Å². The van der Waals surface area contributed by atoms with Crippen molar-refractivity contribution in [2.24, 2.45) is 0 Å². The quantitative estimate of drug-likeness (QED) is 0.0645. The van der Waals surface area contributed by atoms with E-state index in [1.165, 1.54) is 56.7 Å². The fraction of sp³-hybridized carbons (Fsp3) is 0.0870. The summed E-state index contributed by atoms with van der Waals surface area (Å²) in [7, 11) is 3.01. The number of benzene rings is 6. The summed E-state index contributed by atoms with van der Waals surface area (Å²) in [6.07, 6.45) is -2.62.